The molecule has 0 unspecified atom stereocenters. The fourth-order valence-electron chi connectivity index (χ4n) is 1.88. The fourth-order valence-corrected chi connectivity index (χ4v) is 2.00. The topological polar surface area (TPSA) is 55.8 Å². The standard InChI is InChI=1S/C17H15ClO4/c1-21-15-4-2-3-13(7-10-16(19)20)17(15)22-11-12-5-8-14(18)9-6-12/h2-10H,11H2,1H3,(H,19,20)/b10-7+. The van der Waals surface area contributed by atoms with E-state index in [4.69, 9.17) is 26.2 Å². The fraction of sp³-hybridized carbons (Fsp3) is 0.118. The highest BCUT2D eigenvalue weighted by Gasteiger charge is 2.09. The Morgan fingerprint density at radius 1 is 1.23 bits per heavy atom. The van der Waals surface area contributed by atoms with Gasteiger partial charge in [0.25, 0.3) is 0 Å². The van der Waals surface area contributed by atoms with E-state index in [0.717, 1.165) is 11.6 Å². The van der Waals surface area contributed by atoms with Gasteiger partial charge in [-0.05, 0) is 29.8 Å². The number of methoxy groups -OCH3 is 1. The van der Waals surface area contributed by atoms with Crippen molar-refractivity contribution < 1.29 is 19.4 Å². The minimum atomic E-state index is -1.02. The summed E-state index contributed by atoms with van der Waals surface area (Å²) < 4.78 is 11.1. The van der Waals surface area contributed by atoms with Crippen molar-refractivity contribution in [1.29, 1.82) is 0 Å². The lowest BCUT2D eigenvalue weighted by Crippen LogP contribution is -1.99. The number of para-hydroxylation sites is 1. The van der Waals surface area contributed by atoms with Gasteiger partial charge in [0.05, 0.1) is 7.11 Å². The molecule has 0 aliphatic heterocycles. The van der Waals surface area contributed by atoms with Crippen LogP contribution in [0, 0.1) is 0 Å². The summed E-state index contributed by atoms with van der Waals surface area (Å²) in [7, 11) is 1.54. The van der Waals surface area contributed by atoms with Gasteiger partial charge >= 0.3 is 5.97 Å². The number of hydrogen-bond donors (Lipinski definition) is 1. The molecule has 0 amide bonds. The van der Waals surface area contributed by atoms with E-state index >= 15 is 0 Å². The first-order chi connectivity index (χ1) is 10.6. The summed E-state index contributed by atoms with van der Waals surface area (Å²) in [5.74, 6) is 0.0189. The molecule has 0 aliphatic carbocycles. The first-order valence-electron chi connectivity index (χ1n) is 6.55. The molecule has 0 spiro atoms. The van der Waals surface area contributed by atoms with Gasteiger partial charge in [0, 0.05) is 16.7 Å². The van der Waals surface area contributed by atoms with E-state index in [0.29, 0.717) is 28.7 Å². The summed E-state index contributed by atoms with van der Waals surface area (Å²) in [6.07, 6.45) is 2.53. The van der Waals surface area contributed by atoms with Gasteiger partial charge < -0.3 is 14.6 Å². The van der Waals surface area contributed by atoms with Gasteiger partial charge in [-0.25, -0.2) is 4.79 Å². The summed E-state index contributed by atoms with van der Waals surface area (Å²) in [6, 6.07) is 12.6. The molecule has 0 heterocycles. The van der Waals surface area contributed by atoms with Crippen molar-refractivity contribution in [3.63, 3.8) is 0 Å². The molecule has 2 aromatic carbocycles. The maximum Gasteiger partial charge on any atom is 0.328 e. The minimum Gasteiger partial charge on any atom is -0.493 e. The van der Waals surface area contributed by atoms with Crippen LogP contribution in [-0.4, -0.2) is 18.2 Å². The predicted molar refractivity (Wildman–Crippen MR) is 85.4 cm³/mol. The average molecular weight is 319 g/mol. The van der Waals surface area contributed by atoms with Gasteiger partial charge in [-0.1, -0.05) is 35.9 Å². The highest BCUT2D eigenvalue weighted by atomic mass is 35.5. The number of aliphatic carboxylic acids is 1. The number of carboxylic acids is 1. The molecule has 5 heteroatoms. The van der Waals surface area contributed by atoms with Crippen molar-refractivity contribution in [3.8, 4) is 11.5 Å². The van der Waals surface area contributed by atoms with Crippen LogP contribution in [-0.2, 0) is 11.4 Å². The van der Waals surface area contributed by atoms with Crippen LogP contribution >= 0.6 is 11.6 Å². The van der Waals surface area contributed by atoms with Gasteiger partial charge in [0.1, 0.15) is 6.61 Å². The van der Waals surface area contributed by atoms with E-state index in [9.17, 15) is 4.79 Å². The first-order valence-corrected chi connectivity index (χ1v) is 6.93. The molecule has 2 rings (SSSR count). The van der Waals surface area contributed by atoms with Gasteiger partial charge in [-0.15, -0.1) is 0 Å². The maximum absolute atomic E-state index is 10.7. The van der Waals surface area contributed by atoms with Crippen LogP contribution in [0.4, 0.5) is 0 Å². The predicted octanol–water partition coefficient (Wildman–Crippen LogP) is 4.03. The summed E-state index contributed by atoms with van der Waals surface area (Å²) in [5, 5.41) is 9.41. The van der Waals surface area contributed by atoms with Crippen LogP contribution in [0.1, 0.15) is 11.1 Å². The van der Waals surface area contributed by atoms with E-state index in [2.05, 4.69) is 0 Å². The van der Waals surface area contributed by atoms with Crippen molar-refractivity contribution >= 4 is 23.6 Å². The zero-order chi connectivity index (χ0) is 15.9. The van der Waals surface area contributed by atoms with Crippen molar-refractivity contribution in [2.45, 2.75) is 6.61 Å². The minimum absolute atomic E-state index is 0.325. The Morgan fingerprint density at radius 3 is 2.59 bits per heavy atom. The normalized spacial score (nSPS) is 10.6. The molecular weight excluding hydrogens is 304 g/mol. The Labute approximate surface area is 133 Å². The molecule has 1 N–H and O–H groups in total. The Morgan fingerprint density at radius 2 is 1.95 bits per heavy atom. The number of rotatable bonds is 6. The van der Waals surface area contributed by atoms with Gasteiger partial charge in [0.15, 0.2) is 11.5 Å². The maximum atomic E-state index is 10.7. The Balaban J connectivity index is 2.23. The van der Waals surface area contributed by atoms with Crippen LogP contribution < -0.4 is 9.47 Å². The van der Waals surface area contributed by atoms with Crippen molar-refractivity contribution in [3.05, 3.63) is 64.7 Å². The third kappa shape index (κ3) is 4.27. The molecule has 0 atom stereocenters. The number of halogens is 1. The average Bonchev–Trinajstić information content (AvgIpc) is 2.52. The lowest BCUT2D eigenvalue weighted by Gasteiger charge is -2.13. The SMILES string of the molecule is COc1cccc(/C=C/C(=O)O)c1OCc1ccc(Cl)cc1. The van der Waals surface area contributed by atoms with Crippen molar-refractivity contribution in [2.24, 2.45) is 0 Å². The second-order valence-electron chi connectivity index (χ2n) is 4.47. The molecule has 0 aliphatic rings. The summed E-state index contributed by atoms with van der Waals surface area (Å²) in [5.41, 5.74) is 1.58. The van der Waals surface area contributed by atoms with Crippen LogP contribution in [0.25, 0.3) is 6.08 Å². The lowest BCUT2D eigenvalue weighted by molar-refractivity contribution is -0.131. The number of benzene rings is 2. The van der Waals surface area contributed by atoms with Crippen LogP contribution in [0.5, 0.6) is 11.5 Å². The van der Waals surface area contributed by atoms with E-state index in [1.807, 2.05) is 12.1 Å². The molecule has 0 saturated heterocycles. The Hall–Kier alpha value is -2.46. The molecule has 114 valence electrons. The number of carbonyl (C=O) groups is 1. The van der Waals surface area contributed by atoms with Crippen LogP contribution in [0.15, 0.2) is 48.5 Å². The van der Waals surface area contributed by atoms with Gasteiger partial charge in [-0.2, -0.15) is 0 Å². The largest absolute Gasteiger partial charge is 0.493 e. The Kier molecular flexibility index (Phi) is 5.44. The molecule has 22 heavy (non-hydrogen) atoms. The molecule has 0 saturated carbocycles. The molecule has 0 bridgehead atoms. The summed E-state index contributed by atoms with van der Waals surface area (Å²) in [4.78, 5) is 10.7. The summed E-state index contributed by atoms with van der Waals surface area (Å²) in [6.45, 7) is 0.325. The van der Waals surface area contributed by atoms with E-state index in [-0.39, 0.29) is 0 Å². The van der Waals surface area contributed by atoms with E-state index in [1.54, 1.807) is 30.3 Å². The third-order valence-corrected chi connectivity index (χ3v) is 3.18. The lowest BCUT2D eigenvalue weighted by atomic mass is 10.1. The number of ether oxygens (including phenoxy) is 2. The monoisotopic (exact) mass is 318 g/mol. The number of carboxylic acid groups (broad SMARTS) is 1. The molecule has 0 radical (unpaired) electrons. The van der Waals surface area contributed by atoms with Crippen molar-refractivity contribution in [2.75, 3.05) is 7.11 Å². The molecule has 0 fully saturated rings. The second kappa shape index (κ2) is 7.52. The molecule has 4 nitrogen and oxygen atoms in total. The number of hydrogen-bond acceptors (Lipinski definition) is 3. The van der Waals surface area contributed by atoms with Crippen LogP contribution in [0.2, 0.25) is 5.02 Å². The van der Waals surface area contributed by atoms with E-state index < -0.39 is 5.97 Å². The zero-order valence-electron chi connectivity index (χ0n) is 12.0. The smallest absolute Gasteiger partial charge is 0.328 e. The van der Waals surface area contributed by atoms with Crippen molar-refractivity contribution in [1.82, 2.24) is 0 Å². The van der Waals surface area contributed by atoms with Gasteiger partial charge in [-0.3, -0.25) is 0 Å². The highest BCUT2D eigenvalue weighted by molar-refractivity contribution is 6.30. The highest BCUT2D eigenvalue weighted by Crippen LogP contribution is 2.32. The summed E-state index contributed by atoms with van der Waals surface area (Å²) >= 11 is 5.85. The first kappa shape index (κ1) is 15.9. The van der Waals surface area contributed by atoms with Gasteiger partial charge in [0.2, 0.25) is 0 Å². The second-order valence-corrected chi connectivity index (χ2v) is 4.90. The molecule has 2 aromatic rings. The molecular formula is C17H15ClO4. The third-order valence-electron chi connectivity index (χ3n) is 2.93. The molecule has 0 aromatic heterocycles. The van der Waals surface area contributed by atoms with E-state index in [1.165, 1.54) is 13.2 Å². The quantitative estimate of drug-likeness (QED) is 0.817. The zero-order valence-corrected chi connectivity index (χ0v) is 12.7. The Bertz CT molecular complexity index is 678. The van der Waals surface area contributed by atoms with Crippen LogP contribution in [0.3, 0.4) is 0 Å².